The van der Waals surface area contributed by atoms with Crippen molar-refractivity contribution in [2.75, 3.05) is 33.3 Å². The third kappa shape index (κ3) is 6.18. The van der Waals surface area contributed by atoms with Crippen molar-refractivity contribution in [3.05, 3.63) is 51.4 Å². The van der Waals surface area contributed by atoms with E-state index in [1.165, 1.54) is 27.2 Å². The van der Waals surface area contributed by atoms with Crippen molar-refractivity contribution in [1.29, 1.82) is 5.26 Å². The lowest BCUT2D eigenvalue weighted by atomic mass is 10.1. The molecule has 1 aromatic carbocycles. The molecule has 0 radical (unpaired) electrons. The molecule has 10 nitrogen and oxygen atoms in total. The van der Waals surface area contributed by atoms with Crippen molar-refractivity contribution >= 4 is 46.2 Å². The molecular formula is C22H20N2O8S. The number of benzene rings is 1. The average molecular weight is 472 g/mol. The van der Waals surface area contributed by atoms with Crippen molar-refractivity contribution in [3.63, 3.8) is 0 Å². The molecule has 0 bridgehead atoms. The molecule has 0 atom stereocenters. The SMILES string of the molecule is COC(=O)c1sc(NC(=O)COC(=O)/C(C#N)=C/c2ccc(OC)cc2)c(C(=O)OC)c1C. The van der Waals surface area contributed by atoms with Crippen LogP contribution < -0.4 is 10.1 Å². The fraction of sp³-hybridized carbons (Fsp3) is 0.227. The van der Waals surface area contributed by atoms with Crippen LogP contribution in [-0.4, -0.2) is 51.8 Å². The third-order valence-corrected chi connectivity index (χ3v) is 5.45. The van der Waals surface area contributed by atoms with Crippen LogP contribution in [0.25, 0.3) is 6.08 Å². The van der Waals surface area contributed by atoms with E-state index in [-0.39, 0.29) is 26.6 Å². The maximum absolute atomic E-state index is 12.3. The number of nitrogens with one attached hydrogen (secondary N) is 1. The first-order chi connectivity index (χ1) is 15.7. The maximum atomic E-state index is 12.3. The van der Waals surface area contributed by atoms with Gasteiger partial charge in [0.15, 0.2) is 6.61 Å². The number of thiophene rings is 1. The number of esters is 3. The zero-order valence-electron chi connectivity index (χ0n) is 18.2. The van der Waals surface area contributed by atoms with Crippen LogP contribution in [0.4, 0.5) is 5.00 Å². The summed E-state index contributed by atoms with van der Waals surface area (Å²) in [4.78, 5) is 48.7. The molecular weight excluding hydrogens is 452 g/mol. The van der Waals surface area contributed by atoms with Crippen molar-refractivity contribution < 1.29 is 38.1 Å². The number of carbonyl (C=O) groups is 4. The number of hydrogen-bond donors (Lipinski definition) is 1. The van der Waals surface area contributed by atoms with Crippen molar-refractivity contribution in [3.8, 4) is 11.8 Å². The van der Waals surface area contributed by atoms with Gasteiger partial charge in [0.2, 0.25) is 0 Å². The molecule has 0 unspecified atom stereocenters. The normalized spacial score (nSPS) is 10.6. The molecule has 172 valence electrons. The molecule has 0 spiro atoms. The minimum Gasteiger partial charge on any atom is -0.497 e. The number of hydrogen-bond acceptors (Lipinski definition) is 10. The van der Waals surface area contributed by atoms with Crippen LogP contribution in [0.5, 0.6) is 5.75 Å². The molecule has 0 aliphatic carbocycles. The van der Waals surface area contributed by atoms with E-state index in [0.29, 0.717) is 11.3 Å². The molecule has 33 heavy (non-hydrogen) atoms. The molecule has 0 aliphatic rings. The molecule has 1 amide bonds. The lowest BCUT2D eigenvalue weighted by Crippen LogP contribution is -2.22. The number of nitriles is 1. The van der Waals surface area contributed by atoms with Gasteiger partial charge in [0.1, 0.15) is 27.3 Å². The average Bonchev–Trinajstić information content (AvgIpc) is 3.15. The van der Waals surface area contributed by atoms with Gasteiger partial charge < -0.3 is 24.3 Å². The van der Waals surface area contributed by atoms with Crippen LogP contribution in [0.2, 0.25) is 0 Å². The van der Waals surface area contributed by atoms with Gasteiger partial charge in [-0.2, -0.15) is 5.26 Å². The summed E-state index contributed by atoms with van der Waals surface area (Å²) in [6.07, 6.45) is 1.31. The fourth-order valence-corrected chi connectivity index (χ4v) is 3.74. The summed E-state index contributed by atoms with van der Waals surface area (Å²) in [5, 5.41) is 11.7. The Hall–Kier alpha value is -4.17. The highest BCUT2D eigenvalue weighted by molar-refractivity contribution is 7.18. The summed E-state index contributed by atoms with van der Waals surface area (Å²) in [6, 6.07) is 8.32. The van der Waals surface area contributed by atoms with Crippen molar-refractivity contribution in [1.82, 2.24) is 0 Å². The number of anilines is 1. The molecule has 1 N–H and O–H groups in total. The van der Waals surface area contributed by atoms with E-state index in [0.717, 1.165) is 18.4 Å². The minimum atomic E-state index is -1.01. The van der Waals surface area contributed by atoms with E-state index >= 15 is 0 Å². The van der Waals surface area contributed by atoms with Gasteiger partial charge in [-0.05, 0) is 36.3 Å². The highest BCUT2D eigenvalue weighted by Crippen LogP contribution is 2.34. The zero-order chi connectivity index (χ0) is 24.5. The van der Waals surface area contributed by atoms with Crippen LogP contribution in [0.3, 0.4) is 0 Å². The maximum Gasteiger partial charge on any atom is 0.349 e. The summed E-state index contributed by atoms with van der Waals surface area (Å²) >= 11 is 0.819. The molecule has 0 aliphatic heterocycles. The first-order valence-corrected chi connectivity index (χ1v) is 10.1. The van der Waals surface area contributed by atoms with Crippen molar-refractivity contribution in [2.24, 2.45) is 0 Å². The summed E-state index contributed by atoms with van der Waals surface area (Å²) in [7, 11) is 3.85. The van der Waals surface area contributed by atoms with Gasteiger partial charge in [-0.15, -0.1) is 11.3 Å². The molecule has 0 saturated heterocycles. The van der Waals surface area contributed by atoms with Crippen LogP contribution in [0.1, 0.15) is 31.2 Å². The first kappa shape index (κ1) is 25.1. The molecule has 1 aromatic heterocycles. The second kappa shape index (κ2) is 11.4. The Morgan fingerprint density at radius 1 is 1.06 bits per heavy atom. The van der Waals surface area contributed by atoms with Gasteiger partial charge in [0.25, 0.3) is 5.91 Å². The lowest BCUT2D eigenvalue weighted by molar-refractivity contribution is -0.142. The predicted octanol–water partition coefficient (Wildman–Crippen LogP) is 2.73. The van der Waals surface area contributed by atoms with Gasteiger partial charge in [-0.25, -0.2) is 14.4 Å². The smallest absolute Gasteiger partial charge is 0.349 e. The van der Waals surface area contributed by atoms with Gasteiger partial charge in [0.05, 0.1) is 26.9 Å². The molecule has 0 saturated carbocycles. The monoisotopic (exact) mass is 472 g/mol. The second-order valence-electron chi connectivity index (χ2n) is 6.31. The standard InChI is InChI=1S/C22H20N2O8S/c1-12-17(21(27)30-3)19(33-18(12)22(28)31-4)24-16(25)11-32-20(26)14(10-23)9-13-5-7-15(29-2)8-6-13/h5-9H,11H2,1-4H3,(H,24,25)/b14-9+. The molecule has 2 aromatic rings. The minimum absolute atomic E-state index is 0.0142. The Bertz CT molecular complexity index is 1140. The molecule has 1 heterocycles. The number of methoxy groups -OCH3 is 3. The van der Waals surface area contributed by atoms with E-state index in [2.05, 4.69) is 10.1 Å². The van der Waals surface area contributed by atoms with Crippen LogP contribution in [0, 0.1) is 18.3 Å². The van der Waals surface area contributed by atoms with Gasteiger partial charge in [0, 0.05) is 0 Å². The predicted molar refractivity (Wildman–Crippen MR) is 118 cm³/mol. The van der Waals surface area contributed by atoms with Gasteiger partial charge >= 0.3 is 17.9 Å². The molecule has 2 rings (SSSR count). The topological polar surface area (TPSA) is 141 Å². The van der Waals surface area contributed by atoms with E-state index in [4.69, 9.17) is 14.2 Å². The number of amides is 1. The summed E-state index contributed by atoms with van der Waals surface area (Å²) in [5.74, 6) is -2.63. The third-order valence-electron chi connectivity index (χ3n) is 4.26. The van der Waals surface area contributed by atoms with Crippen molar-refractivity contribution in [2.45, 2.75) is 6.92 Å². The van der Waals surface area contributed by atoms with Crippen LogP contribution in [-0.2, 0) is 23.8 Å². The Labute approximate surface area is 193 Å². The largest absolute Gasteiger partial charge is 0.497 e. The van der Waals surface area contributed by atoms with Crippen LogP contribution in [0.15, 0.2) is 29.8 Å². The van der Waals surface area contributed by atoms with E-state index in [1.54, 1.807) is 30.3 Å². The quantitative estimate of drug-likeness (QED) is 0.266. The fourth-order valence-electron chi connectivity index (χ4n) is 2.61. The Morgan fingerprint density at radius 2 is 1.70 bits per heavy atom. The highest BCUT2D eigenvalue weighted by atomic mass is 32.1. The van der Waals surface area contributed by atoms with E-state index in [9.17, 15) is 24.4 Å². The summed E-state index contributed by atoms with van der Waals surface area (Å²) in [6.45, 7) is 0.777. The van der Waals surface area contributed by atoms with E-state index in [1.807, 2.05) is 0 Å². The Morgan fingerprint density at radius 3 is 2.24 bits per heavy atom. The first-order valence-electron chi connectivity index (χ1n) is 9.28. The summed E-state index contributed by atoms with van der Waals surface area (Å²) in [5.41, 5.74) is 0.504. The number of ether oxygens (including phenoxy) is 4. The Balaban J connectivity index is 2.12. The number of rotatable bonds is 8. The van der Waals surface area contributed by atoms with Gasteiger partial charge in [-0.3, -0.25) is 4.79 Å². The van der Waals surface area contributed by atoms with E-state index < -0.39 is 30.4 Å². The lowest BCUT2D eigenvalue weighted by Gasteiger charge is -2.07. The Kier molecular flexibility index (Phi) is 8.71. The zero-order valence-corrected chi connectivity index (χ0v) is 19.0. The van der Waals surface area contributed by atoms with Crippen LogP contribution >= 0.6 is 11.3 Å². The molecule has 11 heteroatoms. The number of carbonyl (C=O) groups excluding carboxylic acids is 4. The highest BCUT2D eigenvalue weighted by Gasteiger charge is 2.27. The van der Waals surface area contributed by atoms with Gasteiger partial charge in [-0.1, -0.05) is 12.1 Å². The number of nitrogens with zero attached hydrogens (tertiary/aromatic N) is 1. The molecule has 0 fully saturated rings. The summed E-state index contributed by atoms with van der Waals surface area (Å²) < 4.78 is 19.3. The second-order valence-corrected chi connectivity index (χ2v) is 7.33.